The second kappa shape index (κ2) is 6.00. The van der Waals surface area contributed by atoms with E-state index in [1.807, 2.05) is 42.5 Å². The zero-order valence-electron chi connectivity index (χ0n) is 11.2. The van der Waals surface area contributed by atoms with Crippen LogP contribution in [0.15, 0.2) is 65.5 Å². The summed E-state index contributed by atoms with van der Waals surface area (Å²) in [6, 6.07) is 13.1. The van der Waals surface area contributed by atoms with Gasteiger partial charge in [0.1, 0.15) is 6.26 Å². The van der Waals surface area contributed by atoms with Crippen molar-refractivity contribution in [3.8, 4) is 11.5 Å². The predicted octanol–water partition coefficient (Wildman–Crippen LogP) is 2.67. The molecule has 104 valence electrons. The van der Waals surface area contributed by atoms with Crippen molar-refractivity contribution in [3.63, 3.8) is 0 Å². The molecule has 2 aromatic heterocycles. The number of amides is 1. The fourth-order valence-corrected chi connectivity index (χ4v) is 1.86. The van der Waals surface area contributed by atoms with Crippen molar-refractivity contribution in [1.29, 1.82) is 0 Å². The Bertz CT molecular complexity index is 724. The molecule has 0 spiro atoms. The molecule has 21 heavy (non-hydrogen) atoms. The summed E-state index contributed by atoms with van der Waals surface area (Å²) < 4.78 is 5.34. The fraction of sp³-hybridized carbons (Fsp3) is 0.0625. The second-order valence-corrected chi connectivity index (χ2v) is 4.44. The lowest BCUT2D eigenvalue weighted by molar-refractivity contribution is 0.0946. The zero-order valence-corrected chi connectivity index (χ0v) is 11.2. The highest BCUT2D eigenvalue weighted by molar-refractivity contribution is 5.92. The Kier molecular flexibility index (Phi) is 3.73. The van der Waals surface area contributed by atoms with E-state index in [0.29, 0.717) is 12.4 Å². The van der Waals surface area contributed by atoms with Crippen LogP contribution in [-0.4, -0.2) is 15.9 Å². The van der Waals surface area contributed by atoms with Crippen molar-refractivity contribution < 1.29 is 9.21 Å². The van der Waals surface area contributed by atoms with Crippen molar-refractivity contribution in [2.75, 3.05) is 0 Å². The molecule has 1 N–H and O–H groups in total. The summed E-state index contributed by atoms with van der Waals surface area (Å²) in [6.07, 6.45) is 4.74. The van der Waals surface area contributed by atoms with Gasteiger partial charge in [0.15, 0.2) is 5.69 Å². The summed E-state index contributed by atoms with van der Waals surface area (Å²) >= 11 is 0. The molecule has 5 nitrogen and oxygen atoms in total. The van der Waals surface area contributed by atoms with Crippen LogP contribution in [0.5, 0.6) is 0 Å². The average molecular weight is 279 g/mol. The normalized spacial score (nSPS) is 10.3. The lowest BCUT2D eigenvalue weighted by Crippen LogP contribution is -2.23. The number of carbonyl (C=O) groups excluding carboxylic acids is 1. The molecule has 0 saturated heterocycles. The molecule has 5 heteroatoms. The summed E-state index contributed by atoms with van der Waals surface area (Å²) in [5.74, 6) is 0.169. The van der Waals surface area contributed by atoms with Crippen LogP contribution in [-0.2, 0) is 6.54 Å². The monoisotopic (exact) mass is 279 g/mol. The third-order valence-electron chi connectivity index (χ3n) is 2.96. The molecular weight excluding hydrogens is 266 g/mol. The molecule has 0 atom stereocenters. The molecule has 0 aliphatic rings. The number of carbonyl (C=O) groups is 1. The third-order valence-corrected chi connectivity index (χ3v) is 2.96. The van der Waals surface area contributed by atoms with Crippen molar-refractivity contribution in [2.45, 2.75) is 6.54 Å². The van der Waals surface area contributed by atoms with E-state index in [0.717, 1.165) is 11.1 Å². The highest BCUT2D eigenvalue weighted by Gasteiger charge is 2.12. The van der Waals surface area contributed by atoms with E-state index in [9.17, 15) is 4.79 Å². The van der Waals surface area contributed by atoms with Gasteiger partial charge in [-0.15, -0.1) is 0 Å². The van der Waals surface area contributed by atoms with Gasteiger partial charge in [0.2, 0.25) is 5.89 Å². The summed E-state index contributed by atoms with van der Waals surface area (Å²) in [5.41, 5.74) is 2.08. The number of aromatic nitrogens is 2. The van der Waals surface area contributed by atoms with E-state index in [2.05, 4.69) is 15.3 Å². The smallest absolute Gasteiger partial charge is 0.273 e. The van der Waals surface area contributed by atoms with E-state index in [-0.39, 0.29) is 11.6 Å². The predicted molar refractivity (Wildman–Crippen MR) is 77.3 cm³/mol. The highest BCUT2D eigenvalue weighted by Crippen LogP contribution is 2.17. The number of hydrogen-bond acceptors (Lipinski definition) is 4. The van der Waals surface area contributed by atoms with E-state index in [1.54, 1.807) is 12.4 Å². The van der Waals surface area contributed by atoms with Gasteiger partial charge in [-0.05, 0) is 29.8 Å². The standard InChI is InChI=1S/C16H13N3O2/c20-15(18-10-12-6-8-17-9-7-12)14-11-21-16(19-14)13-4-2-1-3-5-13/h1-9,11H,10H2,(H,18,20). The van der Waals surface area contributed by atoms with Gasteiger partial charge in [0.05, 0.1) is 0 Å². The lowest BCUT2D eigenvalue weighted by Gasteiger charge is -2.02. The fourth-order valence-electron chi connectivity index (χ4n) is 1.86. The van der Waals surface area contributed by atoms with Crippen LogP contribution in [0.2, 0.25) is 0 Å². The number of pyridine rings is 1. The average Bonchev–Trinajstić information content (AvgIpc) is 3.04. The second-order valence-electron chi connectivity index (χ2n) is 4.44. The number of benzene rings is 1. The Morgan fingerprint density at radius 3 is 2.62 bits per heavy atom. The number of nitrogens with one attached hydrogen (secondary N) is 1. The van der Waals surface area contributed by atoms with Crippen LogP contribution in [0.3, 0.4) is 0 Å². The van der Waals surface area contributed by atoms with E-state index in [4.69, 9.17) is 4.42 Å². The molecule has 1 aromatic carbocycles. The molecular formula is C16H13N3O2. The quantitative estimate of drug-likeness (QED) is 0.797. The van der Waals surface area contributed by atoms with E-state index in [1.165, 1.54) is 6.26 Å². The number of hydrogen-bond donors (Lipinski definition) is 1. The Hall–Kier alpha value is -2.95. The topological polar surface area (TPSA) is 68.0 Å². The Morgan fingerprint density at radius 1 is 1.10 bits per heavy atom. The molecule has 2 heterocycles. The van der Waals surface area contributed by atoms with Crippen molar-refractivity contribution in [1.82, 2.24) is 15.3 Å². The molecule has 1 amide bonds. The lowest BCUT2D eigenvalue weighted by atomic mass is 10.2. The summed E-state index contributed by atoms with van der Waals surface area (Å²) in [7, 11) is 0. The summed E-state index contributed by atoms with van der Waals surface area (Å²) in [4.78, 5) is 20.1. The number of nitrogens with zero attached hydrogens (tertiary/aromatic N) is 2. The first-order chi connectivity index (χ1) is 10.3. The van der Waals surface area contributed by atoms with Gasteiger partial charge in [-0.2, -0.15) is 0 Å². The van der Waals surface area contributed by atoms with E-state index < -0.39 is 0 Å². The highest BCUT2D eigenvalue weighted by atomic mass is 16.3. The van der Waals surface area contributed by atoms with Crippen LogP contribution >= 0.6 is 0 Å². The minimum atomic E-state index is -0.266. The van der Waals surface area contributed by atoms with Gasteiger partial charge in [-0.25, -0.2) is 4.98 Å². The van der Waals surface area contributed by atoms with Crippen LogP contribution in [0, 0.1) is 0 Å². The first kappa shape index (κ1) is 13.1. The largest absolute Gasteiger partial charge is 0.444 e. The maximum absolute atomic E-state index is 12.0. The molecule has 3 aromatic rings. The zero-order chi connectivity index (χ0) is 14.5. The first-order valence-electron chi connectivity index (χ1n) is 6.51. The van der Waals surface area contributed by atoms with Gasteiger partial charge >= 0.3 is 0 Å². The molecule has 0 unspecified atom stereocenters. The molecule has 0 bridgehead atoms. The van der Waals surface area contributed by atoms with Crippen LogP contribution in [0.25, 0.3) is 11.5 Å². The van der Waals surface area contributed by atoms with Crippen LogP contribution in [0.4, 0.5) is 0 Å². The van der Waals surface area contributed by atoms with Gasteiger partial charge < -0.3 is 9.73 Å². The van der Waals surface area contributed by atoms with E-state index >= 15 is 0 Å². The number of oxazole rings is 1. The van der Waals surface area contributed by atoms with Gasteiger partial charge in [-0.3, -0.25) is 9.78 Å². The molecule has 0 saturated carbocycles. The van der Waals surface area contributed by atoms with Crippen molar-refractivity contribution in [2.24, 2.45) is 0 Å². The van der Waals surface area contributed by atoms with Gasteiger partial charge in [0.25, 0.3) is 5.91 Å². The summed E-state index contributed by atoms with van der Waals surface area (Å²) in [6.45, 7) is 0.425. The van der Waals surface area contributed by atoms with Crippen LogP contribution < -0.4 is 5.32 Å². The molecule has 0 radical (unpaired) electrons. The summed E-state index contributed by atoms with van der Waals surface area (Å²) in [5, 5.41) is 2.79. The minimum Gasteiger partial charge on any atom is -0.444 e. The van der Waals surface area contributed by atoms with Gasteiger partial charge in [0, 0.05) is 24.5 Å². The van der Waals surface area contributed by atoms with Crippen molar-refractivity contribution >= 4 is 5.91 Å². The SMILES string of the molecule is O=C(NCc1ccncc1)c1coc(-c2ccccc2)n1. The molecule has 0 fully saturated rings. The van der Waals surface area contributed by atoms with Crippen LogP contribution in [0.1, 0.15) is 16.1 Å². The Morgan fingerprint density at radius 2 is 1.86 bits per heavy atom. The maximum Gasteiger partial charge on any atom is 0.273 e. The van der Waals surface area contributed by atoms with Crippen molar-refractivity contribution in [3.05, 3.63) is 72.4 Å². The first-order valence-corrected chi connectivity index (χ1v) is 6.51. The Balaban J connectivity index is 1.67. The molecule has 3 rings (SSSR count). The molecule has 0 aliphatic carbocycles. The minimum absolute atomic E-state index is 0.266. The Labute approximate surface area is 121 Å². The number of rotatable bonds is 4. The van der Waals surface area contributed by atoms with Gasteiger partial charge in [-0.1, -0.05) is 18.2 Å². The molecule has 0 aliphatic heterocycles. The third kappa shape index (κ3) is 3.14. The maximum atomic E-state index is 12.0.